The standard InChI is InChI=1S/C19H22N2O4/c1-3-25-18(22)13-8-10-21(11-9-13)17-15-7-5-4-6-14(15)16(12-20-17)19(23)24-2/h4-7,12-13H,3,8-11H2,1-2H3. The molecule has 6 heteroatoms. The van der Waals surface area contributed by atoms with E-state index in [0.717, 1.165) is 42.5 Å². The number of hydrogen-bond donors (Lipinski definition) is 0. The Morgan fingerprint density at radius 1 is 1.20 bits per heavy atom. The highest BCUT2D eigenvalue weighted by Crippen LogP contribution is 2.30. The van der Waals surface area contributed by atoms with Crippen molar-refractivity contribution in [2.24, 2.45) is 5.92 Å². The van der Waals surface area contributed by atoms with Gasteiger partial charge in [0.2, 0.25) is 0 Å². The summed E-state index contributed by atoms with van der Waals surface area (Å²) in [5, 5.41) is 1.74. The number of pyridine rings is 1. The molecule has 6 nitrogen and oxygen atoms in total. The first-order chi connectivity index (χ1) is 12.2. The zero-order chi connectivity index (χ0) is 17.8. The van der Waals surface area contributed by atoms with Gasteiger partial charge in [-0.05, 0) is 19.8 Å². The summed E-state index contributed by atoms with van der Waals surface area (Å²) in [7, 11) is 1.37. The van der Waals surface area contributed by atoms with Crippen LogP contribution in [0.1, 0.15) is 30.1 Å². The maximum Gasteiger partial charge on any atom is 0.340 e. The topological polar surface area (TPSA) is 68.7 Å². The first kappa shape index (κ1) is 17.2. The van der Waals surface area contributed by atoms with Crippen LogP contribution in [0, 0.1) is 5.92 Å². The number of fused-ring (bicyclic) bond motifs is 1. The molecule has 25 heavy (non-hydrogen) atoms. The van der Waals surface area contributed by atoms with E-state index < -0.39 is 5.97 Å². The maximum absolute atomic E-state index is 12.0. The molecule has 0 unspecified atom stereocenters. The minimum atomic E-state index is -0.392. The fourth-order valence-electron chi connectivity index (χ4n) is 3.29. The SMILES string of the molecule is CCOC(=O)C1CCN(c2ncc(C(=O)OC)c3ccccc23)CC1. The number of carbonyl (C=O) groups excluding carboxylic acids is 2. The molecule has 132 valence electrons. The third kappa shape index (κ3) is 3.43. The average Bonchev–Trinajstić information content (AvgIpc) is 2.67. The fraction of sp³-hybridized carbons (Fsp3) is 0.421. The number of piperidine rings is 1. The average molecular weight is 342 g/mol. The molecule has 0 aliphatic carbocycles. The number of ether oxygens (including phenoxy) is 2. The lowest BCUT2D eigenvalue weighted by Crippen LogP contribution is -2.37. The summed E-state index contributed by atoms with van der Waals surface area (Å²) in [6.45, 7) is 3.71. The van der Waals surface area contributed by atoms with Gasteiger partial charge in [0.05, 0.1) is 25.2 Å². The molecule has 2 heterocycles. The Balaban J connectivity index is 1.86. The van der Waals surface area contributed by atoms with Crippen LogP contribution in [-0.2, 0) is 14.3 Å². The highest BCUT2D eigenvalue weighted by Gasteiger charge is 2.27. The van der Waals surface area contributed by atoms with E-state index in [-0.39, 0.29) is 11.9 Å². The second-order valence-electron chi connectivity index (χ2n) is 6.05. The third-order valence-electron chi connectivity index (χ3n) is 4.59. The predicted molar refractivity (Wildman–Crippen MR) is 94.7 cm³/mol. The Hall–Kier alpha value is -2.63. The summed E-state index contributed by atoms with van der Waals surface area (Å²) >= 11 is 0. The Morgan fingerprint density at radius 3 is 2.52 bits per heavy atom. The summed E-state index contributed by atoms with van der Waals surface area (Å²) in [4.78, 5) is 30.5. The minimum absolute atomic E-state index is 0.0446. The lowest BCUT2D eigenvalue weighted by atomic mass is 9.96. The molecule has 1 aliphatic heterocycles. The zero-order valence-corrected chi connectivity index (χ0v) is 14.5. The molecule has 1 aromatic heterocycles. The van der Waals surface area contributed by atoms with Gasteiger partial charge in [-0.25, -0.2) is 9.78 Å². The molecule has 0 bridgehead atoms. The van der Waals surface area contributed by atoms with Crippen molar-refractivity contribution < 1.29 is 19.1 Å². The van der Waals surface area contributed by atoms with Gasteiger partial charge in [0.1, 0.15) is 5.82 Å². The van der Waals surface area contributed by atoms with Crippen LogP contribution in [0.5, 0.6) is 0 Å². The molecule has 0 atom stereocenters. The maximum atomic E-state index is 12.0. The second-order valence-corrected chi connectivity index (χ2v) is 6.05. The minimum Gasteiger partial charge on any atom is -0.466 e. The van der Waals surface area contributed by atoms with Gasteiger partial charge in [0.25, 0.3) is 0 Å². The van der Waals surface area contributed by atoms with Crippen molar-refractivity contribution >= 4 is 28.5 Å². The normalized spacial score (nSPS) is 15.2. The number of rotatable bonds is 4. The molecular formula is C19H22N2O4. The fourth-order valence-corrected chi connectivity index (χ4v) is 3.29. The summed E-state index contributed by atoms with van der Waals surface area (Å²) in [6, 6.07) is 7.69. The highest BCUT2D eigenvalue weighted by molar-refractivity contribution is 6.07. The largest absolute Gasteiger partial charge is 0.466 e. The van der Waals surface area contributed by atoms with Crippen molar-refractivity contribution in [3.8, 4) is 0 Å². The smallest absolute Gasteiger partial charge is 0.340 e. The summed E-state index contributed by atoms with van der Waals surface area (Å²) in [5.41, 5.74) is 0.461. The van der Waals surface area contributed by atoms with Gasteiger partial charge in [-0.3, -0.25) is 4.79 Å². The van der Waals surface area contributed by atoms with Crippen LogP contribution in [0.2, 0.25) is 0 Å². The molecule has 0 saturated carbocycles. The van der Waals surface area contributed by atoms with Gasteiger partial charge in [-0.2, -0.15) is 0 Å². The Bertz CT molecular complexity index is 782. The Kier molecular flexibility index (Phi) is 5.16. The van der Waals surface area contributed by atoms with Crippen LogP contribution >= 0.6 is 0 Å². The number of methoxy groups -OCH3 is 1. The molecule has 2 aromatic rings. The van der Waals surface area contributed by atoms with Crippen molar-refractivity contribution in [2.45, 2.75) is 19.8 Å². The molecule has 0 spiro atoms. The van der Waals surface area contributed by atoms with Crippen LogP contribution in [0.25, 0.3) is 10.8 Å². The van der Waals surface area contributed by atoms with E-state index in [1.165, 1.54) is 7.11 Å². The number of aromatic nitrogens is 1. The quantitative estimate of drug-likeness (QED) is 0.796. The summed E-state index contributed by atoms with van der Waals surface area (Å²) in [6.07, 6.45) is 3.06. The zero-order valence-electron chi connectivity index (χ0n) is 14.5. The van der Waals surface area contributed by atoms with Crippen molar-refractivity contribution in [3.63, 3.8) is 0 Å². The van der Waals surface area contributed by atoms with Gasteiger partial charge in [0.15, 0.2) is 0 Å². The van der Waals surface area contributed by atoms with Gasteiger partial charge >= 0.3 is 11.9 Å². The van der Waals surface area contributed by atoms with E-state index in [2.05, 4.69) is 9.88 Å². The van der Waals surface area contributed by atoms with Crippen molar-refractivity contribution in [1.82, 2.24) is 4.98 Å². The summed E-state index contributed by atoms with van der Waals surface area (Å²) < 4.78 is 9.97. The first-order valence-corrected chi connectivity index (χ1v) is 8.53. The number of anilines is 1. The van der Waals surface area contributed by atoms with Crippen LogP contribution in [0.4, 0.5) is 5.82 Å². The second kappa shape index (κ2) is 7.51. The van der Waals surface area contributed by atoms with Gasteiger partial charge in [0, 0.05) is 30.1 Å². The molecule has 0 radical (unpaired) electrons. The van der Waals surface area contributed by atoms with Crippen LogP contribution in [0.15, 0.2) is 30.5 Å². The van der Waals surface area contributed by atoms with E-state index in [4.69, 9.17) is 9.47 Å². The number of hydrogen-bond acceptors (Lipinski definition) is 6. The number of benzene rings is 1. The number of nitrogens with zero attached hydrogens (tertiary/aromatic N) is 2. The monoisotopic (exact) mass is 342 g/mol. The van der Waals surface area contributed by atoms with Crippen LogP contribution in [0.3, 0.4) is 0 Å². The molecule has 0 amide bonds. The summed E-state index contributed by atoms with van der Waals surface area (Å²) in [5.74, 6) is 0.291. The Labute approximate surface area is 146 Å². The van der Waals surface area contributed by atoms with E-state index in [1.807, 2.05) is 31.2 Å². The first-order valence-electron chi connectivity index (χ1n) is 8.53. The molecule has 1 aliphatic rings. The lowest BCUT2D eigenvalue weighted by molar-refractivity contribution is -0.148. The number of carbonyl (C=O) groups is 2. The Morgan fingerprint density at radius 2 is 1.88 bits per heavy atom. The van der Waals surface area contributed by atoms with Crippen molar-refractivity contribution in [3.05, 3.63) is 36.0 Å². The van der Waals surface area contributed by atoms with Gasteiger partial charge in [-0.1, -0.05) is 24.3 Å². The number of esters is 2. The third-order valence-corrected chi connectivity index (χ3v) is 4.59. The van der Waals surface area contributed by atoms with Crippen molar-refractivity contribution in [1.29, 1.82) is 0 Å². The van der Waals surface area contributed by atoms with E-state index in [0.29, 0.717) is 12.2 Å². The van der Waals surface area contributed by atoms with Gasteiger partial charge in [-0.15, -0.1) is 0 Å². The highest BCUT2D eigenvalue weighted by atomic mass is 16.5. The van der Waals surface area contributed by atoms with Crippen LogP contribution < -0.4 is 4.90 Å². The van der Waals surface area contributed by atoms with Crippen LogP contribution in [-0.4, -0.2) is 43.7 Å². The molecule has 0 N–H and O–H groups in total. The molecular weight excluding hydrogens is 320 g/mol. The van der Waals surface area contributed by atoms with E-state index >= 15 is 0 Å². The van der Waals surface area contributed by atoms with Crippen molar-refractivity contribution in [2.75, 3.05) is 31.7 Å². The lowest BCUT2D eigenvalue weighted by Gasteiger charge is -2.32. The molecule has 1 saturated heterocycles. The predicted octanol–water partition coefficient (Wildman–Crippen LogP) is 2.80. The molecule has 3 rings (SSSR count). The molecule has 1 aromatic carbocycles. The van der Waals surface area contributed by atoms with Gasteiger partial charge < -0.3 is 14.4 Å². The van der Waals surface area contributed by atoms with E-state index in [9.17, 15) is 9.59 Å². The van der Waals surface area contributed by atoms with E-state index in [1.54, 1.807) is 6.20 Å². The molecule has 1 fully saturated rings.